The highest BCUT2D eigenvalue weighted by molar-refractivity contribution is 7.80. The number of allylic oxidation sites excluding steroid dienone is 1. The van der Waals surface area contributed by atoms with Crippen molar-refractivity contribution in [1.82, 2.24) is 10.2 Å². The van der Waals surface area contributed by atoms with Gasteiger partial charge in [-0.15, -0.1) is 11.3 Å². The van der Waals surface area contributed by atoms with Crippen molar-refractivity contribution >= 4 is 52.2 Å². The van der Waals surface area contributed by atoms with Gasteiger partial charge in [0.2, 0.25) is 5.91 Å². The first-order chi connectivity index (χ1) is 12.4. The summed E-state index contributed by atoms with van der Waals surface area (Å²) in [4.78, 5) is 39.4. The number of fused-ring (bicyclic) bond motifs is 1. The van der Waals surface area contributed by atoms with Crippen molar-refractivity contribution in [1.29, 1.82) is 0 Å². The summed E-state index contributed by atoms with van der Waals surface area (Å²) in [5, 5.41) is 2.93. The van der Waals surface area contributed by atoms with Gasteiger partial charge in [0, 0.05) is 22.2 Å². The Morgan fingerprint density at radius 1 is 1.27 bits per heavy atom. The largest absolute Gasteiger partial charge is 0.347 e. The van der Waals surface area contributed by atoms with E-state index < -0.39 is 0 Å². The summed E-state index contributed by atoms with van der Waals surface area (Å²) in [5.74, 6) is -0.479. The number of carbonyl (C=O) groups excluding carboxylic acids is 3. The van der Waals surface area contributed by atoms with E-state index in [2.05, 4.69) is 5.32 Å². The Labute approximate surface area is 159 Å². The average molecular weight is 382 g/mol. The van der Waals surface area contributed by atoms with Gasteiger partial charge in [0.15, 0.2) is 5.78 Å². The number of hydrogen-bond donors (Lipinski definition) is 1. The molecule has 4 rings (SSSR count). The number of rotatable bonds is 2. The van der Waals surface area contributed by atoms with Crippen LogP contribution in [0.3, 0.4) is 0 Å². The van der Waals surface area contributed by atoms with Gasteiger partial charge in [-0.05, 0) is 41.5 Å². The molecule has 0 spiro atoms. The molecular formula is C19H14N2O3S2. The Morgan fingerprint density at radius 2 is 2.08 bits per heavy atom. The molecule has 2 aliphatic heterocycles. The van der Waals surface area contributed by atoms with E-state index in [1.54, 1.807) is 17.4 Å². The number of nitrogens with one attached hydrogen (secondary N) is 1. The van der Waals surface area contributed by atoms with E-state index in [1.807, 2.05) is 30.3 Å². The maximum absolute atomic E-state index is 12.2. The quantitative estimate of drug-likeness (QED) is 0.638. The van der Waals surface area contributed by atoms with Crippen molar-refractivity contribution in [3.8, 4) is 10.4 Å². The summed E-state index contributed by atoms with van der Waals surface area (Å²) in [6.07, 6.45) is 2.08. The van der Waals surface area contributed by atoms with Crippen molar-refractivity contribution < 1.29 is 14.4 Å². The first-order valence-electron chi connectivity index (χ1n) is 8.02. The molecule has 2 amide bonds. The molecule has 0 radical (unpaired) electrons. The summed E-state index contributed by atoms with van der Waals surface area (Å²) in [7, 11) is 0. The number of amides is 2. The second kappa shape index (κ2) is 6.26. The Kier molecular flexibility index (Phi) is 4.05. The molecule has 0 atom stereocenters. The molecule has 130 valence electrons. The number of benzene rings is 1. The van der Waals surface area contributed by atoms with Gasteiger partial charge in [-0.3, -0.25) is 19.3 Å². The SMILES string of the molecule is CC(=O)N1Cc2cc(-c3ccc(/C=C4/NC(=S)CC4=O)s3)ccc2C1=O. The van der Waals surface area contributed by atoms with Crippen molar-refractivity contribution in [2.75, 3.05) is 0 Å². The number of hydrogen-bond acceptors (Lipinski definition) is 5. The van der Waals surface area contributed by atoms with Gasteiger partial charge in [0.05, 0.1) is 23.7 Å². The third-order valence-electron chi connectivity index (χ3n) is 4.38. The summed E-state index contributed by atoms with van der Waals surface area (Å²) in [6, 6.07) is 9.54. The van der Waals surface area contributed by atoms with E-state index in [0.29, 0.717) is 22.8 Å². The average Bonchev–Trinajstić information content (AvgIpc) is 3.26. The lowest BCUT2D eigenvalue weighted by Crippen LogP contribution is -2.28. The number of ketones is 1. The van der Waals surface area contributed by atoms with E-state index in [9.17, 15) is 14.4 Å². The lowest BCUT2D eigenvalue weighted by molar-refractivity contribution is -0.126. The molecule has 1 fully saturated rings. The fraction of sp³-hybridized carbons (Fsp3) is 0.158. The first-order valence-corrected chi connectivity index (χ1v) is 9.25. The first kappa shape index (κ1) is 16.8. The smallest absolute Gasteiger partial charge is 0.261 e. The van der Waals surface area contributed by atoms with Gasteiger partial charge in [-0.2, -0.15) is 0 Å². The summed E-state index contributed by atoms with van der Waals surface area (Å²) < 4.78 is 0. The van der Waals surface area contributed by atoms with Crippen LogP contribution in [0.25, 0.3) is 16.5 Å². The maximum atomic E-state index is 12.2. The lowest BCUT2D eigenvalue weighted by atomic mass is 10.1. The predicted octanol–water partition coefficient (Wildman–Crippen LogP) is 3.15. The van der Waals surface area contributed by atoms with E-state index in [0.717, 1.165) is 20.9 Å². The number of carbonyl (C=O) groups is 3. The summed E-state index contributed by atoms with van der Waals surface area (Å²) in [5.41, 5.74) is 2.95. The molecule has 26 heavy (non-hydrogen) atoms. The van der Waals surface area contributed by atoms with Crippen molar-refractivity contribution in [2.45, 2.75) is 19.9 Å². The van der Waals surface area contributed by atoms with Crippen LogP contribution in [-0.4, -0.2) is 27.5 Å². The van der Waals surface area contributed by atoms with Gasteiger partial charge in [-0.1, -0.05) is 18.3 Å². The second-order valence-corrected chi connectivity index (χ2v) is 7.80. The normalized spacial score (nSPS) is 17.8. The fourth-order valence-electron chi connectivity index (χ4n) is 3.08. The highest BCUT2D eigenvalue weighted by atomic mass is 32.1. The van der Waals surface area contributed by atoms with E-state index in [1.165, 1.54) is 11.8 Å². The van der Waals surface area contributed by atoms with Gasteiger partial charge in [0.25, 0.3) is 5.91 Å². The molecule has 0 saturated carbocycles. The maximum Gasteiger partial charge on any atom is 0.261 e. The number of imide groups is 1. The number of thiocarbonyl (C=S) groups is 1. The van der Waals surface area contributed by atoms with Crippen LogP contribution in [0.1, 0.15) is 34.1 Å². The summed E-state index contributed by atoms with van der Waals surface area (Å²) >= 11 is 6.58. The van der Waals surface area contributed by atoms with Crippen LogP contribution in [0.15, 0.2) is 36.0 Å². The minimum atomic E-state index is -0.246. The van der Waals surface area contributed by atoms with E-state index in [-0.39, 0.29) is 24.0 Å². The Morgan fingerprint density at radius 3 is 2.77 bits per heavy atom. The number of Topliss-reactive ketones (excluding diaryl/α,β-unsaturated/α-hetero) is 1. The third kappa shape index (κ3) is 2.89. The van der Waals surface area contributed by atoms with Crippen LogP contribution in [0, 0.1) is 0 Å². The topological polar surface area (TPSA) is 66.5 Å². The zero-order chi connectivity index (χ0) is 18.4. The lowest BCUT2D eigenvalue weighted by Gasteiger charge is -2.08. The number of thiophene rings is 1. The van der Waals surface area contributed by atoms with Gasteiger partial charge < -0.3 is 5.32 Å². The highest BCUT2D eigenvalue weighted by Gasteiger charge is 2.30. The molecule has 1 N–H and O–H groups in total. The minimum Gasteiger partial charge on any atom is -0.347 e. The summed E-state index contributed by atoms with van der Waals surface area (Å²) in [6.45, 7) is 1.71. The van der Waals surface area contributed by atoms with Gasteiger partial charge in [0.1, 0.15) is 0 Å². The zero-order valence-corrected chi connectivity index (χ0v) is 15.5. The third-order valence-corrected chi connectivity index (χ3v) is 5.71. The Balaban J connectivity index is 1.62. The second-order valence-electron chi connectivity index (χ2n) is 6.19. The van der Waals surface area contributed by atoms with Crippen molar-refractivity contribution in [2.24, 2.45) is 0 Å². The van der Waals surface area contributed by atoms with Crippen LogP contribution >= 0.6 is 23.6 Å². The van der Waals surface area contributed by atoms with Gasteiger partial charge >= 0.3 is 0 Å². The molecule has 0 unspecified atom stereocenters. The number of nitrogens with zero attached hydrogens (tertiary/aromatic N) is 1. The van der Waals surface area contributed by atoms with Gasteiger partial charge in [-0.25, -0.2) is 0 Å². The van der Waals surface area contributed by atoms with Crippen LogP contribution < -0.4 is 5.32 Å². The highest BCUT2D eigenvalue weighted by Crippen LogP contribution is 2.33. The van der Waals surface area contributed by atoms with Crippen LogP contribution in [-0.2, 0) is 16.1 Å². The zero-order valence-electron chi connectivity index (χ0n) is 13.9. The molecule has 2 aromatic rings. The Bertz CT molecular complexity index is 1020. The van der Waals surface area contributed by atoms with Crippen molar-refractivity contribution in [3.05, 3.63) is 52.0 Å². The van der Waals surface area contributed by atoms with E-state index in [4.69, 9.17) is 12.2 Å². The molecule has 0 bridgehead atoms. The van der Waals surface area contributed by atoms with Crippen LogP contribution in [0.4, 0.5) is 0 Å². The Hall–Kier alpha value is -2.64. The molecule has 3 heterocycles. The van der Waals surface area contributed by atoms with Crippen molar-refractivity contribution in [3.63, 3.8) is 0 Å². The predicted molar refractivity (Wildman–Crippen MR) is 104 cm³/mol. The van der Waals surface area contributed by atoms with Crippen LogP contribution in [0.2, 0.25) is 0 Å². The molecule has 1 aromatic heterocycles. The molecule has 1 saturated heterocycles. The minimum absolute atomic E-state index is 0.00492. The fourth-order valence-corrected chi connectivity index (χ4v) is 4.27. The molecule has 1 aromatic carbocycles. The molecule has 5 nitrogen and oxygen atoms in total. The molecular weight excluding hydrogens is 368 g/mol. The molecule has 7 heteroatoms. The molecule has 0 aliphatic carbocycles. The standard InChI is InChI=1S/C19H14N2O3S2/c1-10(22)21-9-12-6-11(2-4-14(12)19(21)24)17-5-3-13(26-17)7-15-16(23)8-18(25)20-15/h2-7H,8-9H2,1H3,(H,20,25)/b15-7+. The van der Waals surface area contributed by atoms with Crippen LogP contribution in [0.5, 0.6) is 0 Å². The molecule has 2 aliphatic rings. The monoisotopic (exact) mass is 382 g/mol. The van der Waals surface area contributed by atoms with E-state index >= 15 is 0 Å².